The van der Waals surface area contributed by atoms with Crippen LogP contribution in [0.5, 0.6) is 0 Å². The van der Waals surface area contributed by atoms with E-state index in [-0.39, 0.29) is 0 Å². The smallest absolute Gasteiger partial charge is 0.113 e. The molecule has 150 valence electrons. The first-order chi connectivity index (χ1) is 14.8. The van der Waals surface area contributed by atoms with Gasteiger partial charge in [0, 0.05) is 36.9 Å². The fraction of sp³-hybridized carbons (Fsp3) is 0.273. The van der Waals surface area contributed by atoms with E-state index < -0.39 is 0 Å². The van der Waals surface area contributed by atoms with Crippen molar-refractivity contribution in [1.82, 2.24) is 35.0 Å². The van der Waals surface area contributed by atoms with Crippen LogP contribution in [0, 0.1) is 5.92 Å². The highest BCUT2D eigenvalue weighted by atomic mass is 16.5. The normalized spacial score (nSPS) is 15.3. The van der Waals surface area contributed by atoms with Crippen LogP contribution in [-0.2, 0) is 11.3 Å². The van der Waals surface area contributed by atoms with Crippen molar-refractivity contribution in [2.24, 2.45) is 5.92 Å². The number of benzene rings is 2. The number of aromatic amines is 1. The van der Waals surface area contributed by atoms with Crippen molar-refractivity contribution in [3.63, 3.8) is 0 Å². The average molecular weight is 399 g/mol. The molecule has 0 saturated carbocycles. The Kier molecular flexibility index (Phi) is 4.09. The first kappa shape index (κ1) is 17.3. The molecule has 1 N–H and O–H groups in total. The second-order valence-electron chi connectivity index (χ2n) is 7.80. The summed E-state index contributed by atoms with van der Waals surface area (Å²) in [6.07, 6.45) is 5.87. The van der Waals surface area contributed by atoms with Gasteiger partial charge in [0.05, 0.1) is 28.6 Å². The summed E-state index contributed by atoms with van der Waals surface area (Å²) in [4.78, 5) is 0. The zero-order chi connectivity index (χ0) is 19.9. The van der Waals surface area contributed by atoms with E-state index in [9.17, 15) is 0 Å². The fourth-order valence-electron chi connectivity index (χ4n) is 4.22. The molecule has 4 heterocycles. The highest BCUT2D eigenvalue weighted by Gasteiger charge is 2.17. The number of rotatable bonds is 4. The number of hydrogen-bond donors (Lipinski definition) is 1. The highest BCUT2D eigenvalue weighted by Crippen LogP contribution is 2.27. The fourth-order valence-corrected chi connectivity index (χ4v) is 4.22. The lowest BCUT2D eigenvalue weighted by Crippen LogP contribution is -2.21. The van der Waals surface area contributed by atoms with Gasteiger partial charge in [-0.05, 0) is 55.2 Å². The van der Waals surface area contributed by atoms with E-state index in [4.69, 9.17) is 4.74 Å². The lowest BCUT2D eigenvalue weighted by atomic mass is 10.0. The molecule has 0 aliphatic carbocycles. The summed E-state index contributed by atoms with van der Waals surface area (Å²) in [7, 11) is 0. The zero-order valence-electron chi connectivity index (χ0n) is 16.4. The Labute approximate surface area is 172 Å². The number of nitrogens with zero attached hydrogens (tertiary/aromatic N) is 6. The van der Waals surface area contributed by atoms with Crippen LogP contribution >= 0.6 is 0 Å². The molecular formula is C22H21N7O. The minimum atomic E-state index is 0.606. The number of aromatic nitrogens is 7. The molecular weight excluding hydrogens is 378 g/mol. The molecule has 6 rings (SSSR count). The maximum absolute atomic E-state index is 5.50. The van der Waals surface area contributed by atoms with E-state index in [1.54, 1.807) is 0 Å². The number of H-pyrrole nitrogens is 1. The summed E-state index contributed by atoms with van der Waals surface area (Å²) in [5, 5.41) is 21.5. The van der Waals surface area contributed by atoms with Gasteiger partial charge in [0.1, 0.15) is 5.52 Å². The first-order valence-corrected chi connectivity index (χ1v) is 10.2. The van der Waals surface area contributed by atoms with Crippen LogP contribution in [0.2, 0.25) is 0 Å². The molecule has 1 fully saturated rings. The summed E-state index contributed by atoms with van der Waals surface area (Å²) in [5.74, 6) is 0.606. The van der Waals surface area contributed by atoms with Gasteiger partial charge < -0.3 is 4.74 Å². The molecule has 0 spiro atoms. The molecule has 8 heteroatoms. The van der Waals surface area contributed by atoms with Crippen LogP contribution in [-0.4, -0.2) is 48.2 Å². The largest absolute Gasteiger partial charge is 0.381 e. The van der Waals surface area contributed by atoms with Crippen LogP contribution in [0.3, 0.4) is 0 Å². The molecule has 2 aromatic carbocycles. The summed E-state index contributed by atoms with van der Waals surface area (Å²) < 4.78 is 9.48. The third kappa shape index (κ3) is 2.96. The third-order valence-electron chi connectivity index (χ3n) is 5.90. The van der Waals surface area contributed by atoms with E-state index in [0.717, 1.165) is 71.5 Å². The number of ether oxygens (including phenoxy) is 1. The molecule has 0 radical (unpaired) electrons. The minimum Gasteiger partial charge on any atom is -0.381 e. The van der Waals surface area contributed by atoms with Gasteiger partial charge in [-0.2, -0.15) is 10.2 Å². The summed E-state index contributed by atoms with van der Waals surface area (Å²) >= 11 is 0. The molecule has 0 unspecified atom stereocenters. The van der Waals surface area contributed by atoms with Crippen LogP contribution in [0.4, 0.5) is 0 Å². The maximum atomic E-state index is 5.50. The monoisotopic (exact) mass is 399 g/mol. The highest BCUT2D eigenvalue weighted by molar-refractivity contribution is 5.84. The number of hydrogen-bond acceptors (Lipinski definition) is 5. The molecule has 5 aromatic rings. The Morgan fingerprint density at radius 2 is 2.00 bits per heavy atom. The topological polar surface area (TPSA) is 86.4 Å². The Morgan fingerprint density at radius 3 is 2.93 bits per heavy atom. The van der Waals surface area contributed by atoms with Crippen LogP contribution in [0.1, 0.15) is 12.8 Å². The minimum absolute atomic E-state index is 0.606. The van der Waals surface area contributed by atoms with Gasteiger partial charge in [-0.1, -0.05) is 11.3 Å². The molecule has 0 atom stereocenters. The predicted octanol–water partition coefficient (Wildman–Crippen LogP) is 3.59. The van der Waals surface area contributed by atoms with Crippen LogP contribution in [0.15, 0.2) is 54.9 Å². The Balaban J connectivity index is 1.39. The van der Waals surface area contributed by atoms with Gasteiger partial charge in [-0.3, -0.25) is 9.78 Å². The van der Waals surface area contributed by atoms with Crippen molar-refractivity contribution in [2.75, 3.05) is 13.2 Å². The second kappa shape index (κ2) is 7.07. The van der Waals surface area contributed by atoms with E-state index in [1.807, 2.05) is 41.3 Å². The zero-order valence-corrected chi connectivity index (χ0v) is 16.4. The molecule has 0 bridgehead atoms. The second-order valence-corrected chi connectivity index (χ2v) is 7.80. The Morgan fingerprint density at radius 1 is 1.07 bits per heavy atom. The van der Waals surface area contributed by atoms with Crippen molar-refractivity contribution in [1.29, 1.82) is 0 Å². The number of nitrogens with one attached hydrogen (secondary N) is 1. The molecule has 8 nitrogen and oxygen atoms in total. The van der Waals surface area contributed by atoms with E-state index >= 15 is 0 Å². The van der Waals surface area contributed by atoms with Gasteiger partial charge in [0.25, 0.3) is 0 Å². The predicted molar refractivity (Wildman–Crippen MR) is 113 cm³/mol. The standard InChI is InChI=1S/C22H21N7O/c1-3-18(12-20-17(1)13-23-25-20)29-22-11-16(2-4-19(22)26-27-29)21-5-8-24-28(21)14-15-6-9-30-10-7-15/h1-5,8,11-13,15H,6-7,9-10,14H2,(H,23,25). The molecule has 3 aromatic heterocycles. The first-order valence-electron chi connectivity index (χ1n) is 10.2. The van der Waals surface area contributed by atoms with Crippen molar-refractivity contribution >= 4 is 21.9 Å². The molecule has 0 amide bonds. The summed E-state index contributed by atoms with van der Waals surface area (Å²) in [5.41, 5.74) is 5.96. The van der Waals surface area contributed by atoms with Gasteiger partial charge in [0.15, 0.2) is 0 Å². The molecule has 30 heavy (non-hydrogen) atoms. The maximum Gasteiger partial charge on any atom is 0.113 e. The summed E-state index contributed by atoms with van der Waals surface area (Å²) in [6, 6.07) is 14.4. The van der Waals surface area contributed by atoms with E-state index in [1.165, 1.54) is 0 Å². The van der Waals surface area contributed by atoms with Crippen molar-refractivity contribution < 1.29 is 4.74 Å². The molecule has 1 aliphatic rings. The Bertz CT molecular complexity index is 1330. The third-order valence-corrected chi connectivity index (χ3v) is 5.90. The van der Waals surface area contributed by atoms with Gasteiger partial charge >= 0.3 is 0 Å². The molecule has 1 saturated heterocycles. The van der Waals surface area contributed by atoms with Gasteiger partial charge in [-0.15, -0.1) is 5.10 Å². The van der Waals surface area contributed by atoms with Crippen molar-refractivity contribution in [2.45, 2.75) is 19.4 Å². The van der Waals surface area contributed by atoms with Gasteiger partial charge in [-0.25, -0.2) is 4.68 Å². The average Bonchev–Trinajstić information content (AvgIpc) is 3.52. The lowest BCUT2D eigenvalue weighted by molar-refractivity contribution is 0.0603. The van der Waals surface area contributed by atoms with Crippen molar-refractivity contribution in [3.8, 4) is 16.9 Å². The van der Waals surface area contributed by atoms with Gasteiger partial charge in [0.2, 0.25) is 0 Å². The number of fused-ring (bicyclic) bond motifs is 2. The molecule has 1 aliphatic heterocycles. The Hall–Kier alpha value is -3.52. The van der Waals surface area contributed by atoms with E-state index in [0.29, 0.717) is 5.92 Å². The van der Waals surface area contributed by atoms with Crippen LogP contribution in [0.25, 0.3) is 38.9 Å². The van der Waals surface area contributed by atoms with E-state index in [2.05, 4.69) is 48.5 Å². The lowest BCUT2D eigenvalue weighted by Gasteiger charge is -2.22. The summed E-state index contributed by atoms with van der Waals surface area (Å²) in [6.45, 7) is 2.61. The SMILES string of the molecule is c1cc(-c2ccc3nnn(-c4ccc5cn[nH]c5c4)c3c2)n(CC2CCOCC2)n1. The van der Waals surface area contributed by atoms with Crippen molar-refractivity contribution in [3.05, 3.63) is 54.9 Å². The quantitative estimate of drug-likeness (QED) is 0.499. The van der Waals surface area contributed by atoms with Crippen LogP contribution < -0.4 is 0 Å².